The van der Waals surface area contributed by atoms with E-state index in [0.29, 0.717) is 24.7 Å². The van der Waals surface area contributed by atoms with Gasteiger partial charge in [-0.15, -0.1) is 0 Å². The van der Waals surface area contributed by atoms with Gasteiger partial charge in [-0.1, -0.05) is 19.6 Å². The van der Waals surface area contributed by atoms with Crippen molar-refractivity contribution in [2.24, 2.45) is 4.99 Å². The highest BCUT2D eigenvalue weighted by Gasteiger charge is 2.13. The first kappa shape index (κ1) is 25.8. The maximum Gasteiger partial charge on any atom is 0.343 e. The molecule has 0 unspecified atom stereocenters. The third-order valence-corrected chi connectivity index (χ3v) is 4.45. The van der Waals surface area contributed by atoms with Gasteiger partial charge in [0.25, 0.3) is 0 Å². The predicted molar refractivity (Wildman–Crippen MR) is 126 cm³/mol. The zero-order valence-corrected chi connectivity index (χ0v) is 19.3. The van der Waals surface area contributed by atoms with Crippen molar-refractivity contribution in [3.63, 3.8) is 0 Å². The molecular formula is C25H33NO5. The van der Waals surface area contributed by atoms with Crippen molar-refractivity contribution in [2.75, 3.05) is 27.4 Å². The highest BCUT2D eigenvalue weighted by molar-refractivity contribution is 6.10. The molecule has 0 bridgehead atoms. The lowest BCUT2D eigenvalue weighted by atomic mass is 10.00. The molecule has 0 radical (unpaired) electrons. The highest BCUT2D eigenvalue weighted by Crippen LogP contribution is 2.31. The van der Waals surface area contributed by atoms with Gasteiger partial charge in [-0.25, -0.2) is 4.79 Å². The van der Waals surface area contributed by atoms with E-state index in [0.717, 1.165) is 28.7 Å². The van der Waals surface area contributed by atoms with Crippen LogP contribution in [0.1, 0.15) is 39.7 Å². The molecule has 0 spiro atoms. The Morgan fingerprint density at radius 1 is 1.16 bits per heavy atom. The molecule has 0 aliphatic carbocycles. The van der Waals surface area contributed by atoms with Gasteiger partial charge in [0.1, 0.15) is 22.8 Å². The smallest absolute Gasteiger partial charge is 0.343 e. The maximum absolute atomic E-state index is 12.0. The second-order valence-electron chi connectivity index (χ2n) is 6.80. The number of allylic oxidation sites excluding steroid dienone is 5. The first-order valence-electron chi connectivity index (χ1n) is 10.2. The van der Waals surface area contributed by atoms with Gasteiger partial charge in [0, 0.05) is 18.3 Å². The van der Waals surface area contributed by atoms with E-state index >= 15 is 0 Å². The van der Waals surface area contributed by atoms with Crippen LogP contribution in [0.25, 0.3) is 5.57 Å². The summed E-state index contributed by atoms with van der Waals surface area (Å²) in [4.78, 5) is 16.1. The number of methoxy groups -OCH3 is 2. The van der Waals surface area contributed by atoms with Crippen molar-refractivity contribution in [3.05, 3.63) is 65.0 Å². The van der Waals surface area contributed by atoms with Crippen molar-refractivity contribution in [3.8, 4) is 11.5 Å². The van der Waals surface area contributed by atoms with Gasteiger partial charge in [-0.2, -0.15) is 0 Å². The normalized spacial score (nSPS) is 13.1. The monoisotopic (exact) mass is 427 g/mol. The lowest BCUT2D eigenvalue weighted by Crippen LogP contribution is -2.09. The molecule has 0 saturated carbocycles. The molecule has 0 fully saturated rings. The summed E-state index contributed by atoms with van der Waals surface area (Å²) in [6.07, 6.45) is 5.58. The molecule has 6 nitrogen and oxygen atoms in total. The van der Waals surface area contributed by atoms with Crippen molar-refractivity contribution in [1.29, 1.82) is 0 Å². The van der Waals surface area contributed by atoms with Crippen molar-refractivity contribution < 1.29 is 24.1 Å². The van der Waals surface area contributed by atoms with Gasteiger partial charge in [0.05, 0.1) is 20.8 Å². The fourth-order valence-electron chi connectivity index (χ4n) is 2.64. The Morgan fingerprint density at radius 2 is 1.84 bits per heavy atom. The molecule has 0 saturated heterocycles. The van der Waals surface area contributed by atoms with Crippen LogP contribution in [0.2, 0.25) is 0 Å². The number of aliphatic hydroxyl groups is 1. The molecule has 1 rings (SSSR count). The zero-order chi connectivity index (χ0) is 23.4. The van der Waals surface area contributed by atoms with Crippen molar-refractivity contribution >= 4 is 17.8 Å². The summed E-state index contributed by atoms with van der Waals surface area (Å²) in [7, 11) is 2.87. The number of carbonyl (C=O) groups is 1. The largest absolute Gasteiger partial charge is 0.507 e. The minimum Gasteiger partial charge on any atom is -0.507 e. The first-order valence-corrected chi connectivity index (χ1v) is 10.2. The van der Waals surface area contributed by atoms with Crippen LogP contribution in [0.5, 0.6) is 11.5 Å². The number of ether oxygens (including phenoxy) is 3. The summed E-state index contributed by atoms with van der Waals surface area (Å²) in [5.74, 6) is 0.554. The van der Waals surface area contributed by atoms with E-state index in [4.69, 9.17) is 14.2 Å². The van der Waals surface area contributed by atoms with Gasteiger partial charge in [0.2, 0.25) is 0 Å². The molecule has 0 heterocycles. The number of esters is 1. The minimum absolute atomic E-state index is 0.00774. The summed E-state index contributed by atoms with van der Waals surface area (Å²) in [6, 6.07) is 5.55. The predicted octanol–water partition coefficient (Wildman–Crippen LogP) is 5.47. The topological polar surface area (TPSA) is 77.4 Å². The average Bonchev–Trinajstić information content (AvgIpc) is 2.76. The average molecular weight is 428 g/mol. The van der Waals surface area contributed by atoms with Crippen LogP contribution in [0.3, 0.4) is 0 Å². The number of aliphatic hydroxyl groups excluding tert-OH is 1. The van der Waals surface area contributed by atoms with Crippen LogP contribution in [0.15, 0.2) is 64.4 Å². The van der Waals surface area contributed by atoms with Gasteiger partial charge in [0.15, 0.2) is 0 Å². The Bertz CT molecular complexity index is 906. The van der Waals surface area contributed by atoms with Gasteiger partial charge >= 0.3 is 5.97 Å². The summed E-state index contributed by atoms with van der Waals surface area (Å²) >= 11 is 0. The molecule has 0 aliphatic rings. The lowest BCUT2D eigenvalue weighted by Gasteiger charge is -2.13. The van der Waals surface area contributed by atoms with Crippen LogP contribution in [0, 0.1) is 0 Å². The number of carbonyl (C=O) groups excluding carboxylic acids is 1. The standard InChI is InChI=1S/C25H33NO5/c1-8-12-26-16-22(25(28)30-7)23(27)14-18(4)17(3)13-19(5)21-15-20(29-6)10-11-24(21)31-9-2/h10-11,13-16,27H,5,8-9,12H2,1-4,6-7H3/b17-13+,18-14+,23-22-,26-16?. The summed E-state index contributed by atoms with van der Waals surface area (Å²) < 4.78 is 15.8. The summed E-state index contributed by atoms with van der Waals surface area (Å²) in [5.41, 5.74) is 3.17. The maximum atomic E-state index is 12.0. The summed E-state index contributed by atoms with van der Waals surface area (Å²) in [6.45, 7) is 12.9. The molecular weight excluding hydrogens is 394 g/mol. The van der Waals surface area contributed by atoms with E-state index in [9.17, 15) is 9.90 Å². The third-order valence-electron chi connectivity index (χ3n) is 4.45. The Morgan fingerprint density at radius 3 is 2.42 bits per heavy atom. The van der Waals surface area contributed by atoms with E-state index < -0.39 is 5.97 Å². The fraction of sp³-hybridized carbons (Fsp3) is 0.360. The van der Waals surface area contributed by atoms with E-state index in [1.165, 1.54) is 19.4 Å². The quantitative estimate of drug-likeness (QED) is 0.167. The number of nitrogens with zero attached hydrogens (tertiary/aromatic N) is 1. The molecule has 0 aromatic heterocycles. The van der Waals surface area contributed by atoms with E-state index in [-0.39, 0.29) is 11.3 Å². The van der Waals surface area contributed by atoms with Crippen molar-refractivity contribution in [2.45, 2.75) is 34.1 Å². The zero-order valence-electron chi connectivity index (χ0n) is 19.3. The SMILES string of the molecule is C=C(/C=C(C)/C(C)=C/C(O)=C(\C=NCCC)C(=O)OC)c1cc(OC)ccc1OCC. The minimum atomic E-state index is -0.648. The molecule has 1 aromatic carbocycles. The van der Waals surface area contributed by atoms with E-state index in [1.54, 1.807) is 7.11 Å². The Hall–Kier alpha value is -3.28. The van der Waals surface area contributed by atoms with Gasteiger partial charge in [-0.3, -0.25) is 4.99 Å². The van der Waals surface area contributed by atoms with Crippen LogP contribution < -0.4 is 9.47 Å². The molecule has 1 N–H and O–H groups in total. The lowest BCUT2D eigenvalue weighted by molar-refractivity contribution is -0.135. The second kappa shape index (κ2) is 13.1. The first-order chi connectivity index (χ1) is 14.8. The Labute approximate surface area is 185 Å². The van der Waals surface area contributed by atoms with Gasteiger partial charge in [-0.05, 0) is 68.2 Å². The van der Waals surface area contributed by atoms with Crippen LogP contribution in [0.4, 0.5) is 0 Å². The van der Waals surface area contributed by atoms with Gasteiger partial charge < -0.3 is 19.3 Å². The molecule has 1 aromatic rings. The van der Waals surface area contributed by atoms with E-state index in [2.05, 4.69) is 11.6 Å². The molecule has 0 atom stereocenters. The second-order valence-corrected chi connectivity index (χ2v) is 6.80. The number of hydrogen-bond acceptors (Lipinski definition) is 6. The Kier molecular flexibility index (Phi) is 10.9. The molecule has 6 heteroatoms. The molecule has 0 aliphatic heterocycles. The highest BCUT2D eigenvalue weighted by atomic mass is 16.5. The van der Waals surface area contributed by atoms with Crippen LogP contribution >= 0.6 is 0 Å². The van der Waals surface area contributed by atoms with Crippen LogP contribution in [-0.4, -0.2) is 44.7 Å². The number of rotatable bonds is 11. The fourth-order valence-corrected chi connectivity index (χ4v) is 2.64. The number of hydrogen-bond donors (Lipinski definition) is 1. The molecule has 31 heavy (non-hydrogen) atoms. The molecule has 0 amide bonds. The number of benzene rings is 1. The number of aliphatic imine (C=N–C) groups is 1. The van der Waals surface area contributed by atoms with Crippen LogP contribution in [-0.2, 0) is 9.53 Å². The summed E-state index contributed by atoms with van der Waals surface area (Å²) in [5, 5.41) is 10.5. The third kappa shape index (κ3) is 7.81. The van der Waals surface area contributed by atoms with E-state index in [1.807, 2.05) is 52.0 Å². The Balaban J connectivity index is 3.28. The molecule has 168 valence electrons. The van der Waals surface area contributed by atoms with Crippen molar-refractivity contribution in [1.82, 2.24) is 0 Å².